The van der Waals surface area contributed by atoms with Gasteiger partial charge in [-0.3, -0.25) is 0 Å². The fourth-order valence-corrected chi connectivity index (χ4v) is 1.27. The molecular weight excluding hydrogens is 126 g/mol. The Labute approximate surface area is 61.4 Å². The van der Waals surface area contributed by atoms with Crippen LogP contribution in [0.3, 0.4) is 0 Å². The van der Waals surface area contributed by atoms with Crippen molar-refractivity contribution in [1.82, 2.24) is 4.90 Å². The Morgan fingerprint density at radius 3 is 2.50 bits per heavy atom. The first-order valence-electron chi connectivity index (χ1n) is 3.71. The Bertz CT molecular complexity index is 130. The lowest BCUT2D eigenvalue weighted by molar-refractivity contribution is 0.256. The van der Waals surface area contributed by atoms with E-state index < -0.39 is 0 Å². The van der Waals surface area contributed by atoms with Crippen molar-refractivity contribution in [2.75, 3.05) is 19.6 Å². The molecule has 0 atom stereocenters. The van der Waals surface area contributed by atoms with E-state index in [-0.39, 0.29) is 0 Å². The van der Waals surface area contributed by atoms with E-state index in [1.807, 2.05) is 0 Å². The van der Waals surface area contributed by atoms with Gasteiger partial charge in [-0.25, -0.2) is 0 Å². The SMILES string of the molecule is N#CN1CCC(CN)CC1. The molecule has 3 nitrogen and oxygen atoms in total. The fourth-order valence-electron chi connectivity index (χ4n) is 1.27. The average molecular weight is 139 g/mol. The molecule has 1 saturated heterocycles. The molecule has 10 heavy (non-hydrogen) atoms. The van der Waals surface area contributed by atoms with E-state index in [9.17, 15) is 0 Å². The lowest BCUT2D eigenvalue weighted by Crippen LogP contribution is -2.32. The quantitative estimate of drug-likeness (QED) is 0.526. The van der Waals surface area contributed by atoms with Crippen molar-refractivity contribution in [3.05, 3.63) is 0 Å². The summed E-state index contributed by atoms with van der Waals surface area (Å²) in [6.07, 6.45) is 4.32. The minimum atomic E-state index is 0.657. The van der Waals surface area contributed by atoms with Crippen molar-refractivity contribution in [3.63, 3.8) is 0 Å². The topological polar surface area (TPSA) is 53.0 Å². The highest BCUT2D eigenvalue weighted by molar-refractivity contribution is 4.80. The van der Waals surface area contributed by atoms with Crippen molar-refractivity contribution >= 4 is 0 Å². The molecule has 0 bridgehead atoms. The number of piperidine rings is 1. The van der Waals surface area contributed by atoms with Crippen molar-refractivity contribution in [2.45, 2.75) is 12.8 Å². The molecule has 0 aromatic heterocycles. The first kappa shape index (κ1) is 7.36. The Kier molecular flexibility index (Phi) is 2.52. The minimum Gasteiger partial charge on any atom is -0.330 e. The summed E-state index contributed by atoms with van der Waals surface area (Å²) in [6.45, 7) is 2.58. The summed E-state index contributed by atoms with van der Waals surface area (Å²) in [6, 6.07) is 0. The van der Waals surface area contributed by atoms with Gasteiger partial charge in [-0.15, -0.1) is 0 Å². The summed E-state index contributed by atoms with van der Waals surface area (Å²) in [5, 5.41) is 8.49. The summed E-state index contributed by atoms with van der Waals surface area (Å²) < 4.78 is 0. The van der Waals surface area contributed by atoms with E-state index in [4.69, 9.17) is 11.0 Å². The number of nitrogens with zero attached hydrogens (tertiary/aromatic N) is 2. The standard InChI is InChI=1S/C7H13N3/c8-5-7-1-3-10(6-9)4-2-7/h7H,1-5,8H2. The van der Waals surface area contributed by atoms with Crippen LogP contribution in [0.15, 0.2) is 0 Å². The van der Waals surface area contributed by atoms with Crippen LogP contribution in [-0.4, -0.2) is 24.5 Å². The lowest BCUT2D eigenvalue weighted by Gasteiger charge is -2.26. The molecule has 56 valence electrons. The van der Waals surface area contributed by atoms with Crippen LogP contribution in [0.1, 0.15) is 12.8 Å². The molecular formula is C7H13N3. The number of rotatable bonds is 1. The minimum absolute atomic E-state index is 0.657. The molecule has 1 fully saturated rings. The predicted molar refractivity (Wildman–Crippen MR) is 39.0 cm³/mol. The number of likely N-dealkylation sites (tertiary alicyclic amines) is 1. The van der Waals surface area contributed by atoms with E-state index >= 15 is 0 Å². The molecule has 2 N–H and O–H groups in total. The lowest BCUT2D eigenvalue weighted by atomic mass is 9.98. The summed E-state index contributed by atoms with van der Waals surface area (Å²) in [5.74, 6) is 0.657. The number of hydrogen-bond acceptors (Lipinski definition) is 3. The van der Waals surface area contributed by atoms with Crippen LogP contribution in [0, 0.1) is 17.4 Å². The van der Waals surface area contributed by atoms with E-state index in [1.54, 1.807) is 4.90 Å². The molecule has 1 rings (SSSR count). The third-order valence-electron chi connectivity index (χ3n) is 2.09. The molecule has 3 heteroatoms. The van der Waals surface area contributed by atoms with Crippen LogP contribution in [0.25, 0.3) is 0 Å². The van der Waals surface area contributed by atoms with Crippen LogP contribution in [0.2, 0.25) is 0 Å². The van der Waals surface area contributed by atoms with Crippen LogP contribution >= 0.6 is 0 Å². The molecule has 0 aliphatic carbocycles. The summed E-state index contributed by atoms with van der Waals surface area (Å²) in [7, 11) is 0. The Balaban J connectivity index is 2.25. The number of nitriles is 1. The smallest absolute Gasteiger partial charge is 0.179 e. The zero-order chi connectivity index (χ0) is 7.40. The average Bonchev–Trinajstić information content (AvgIpc) is 2.05. The highest BCUT2D eigenvalue weighted by Crippen LogP contribution is 2.14. The molecule has 0 aromatic rings. The first-order chi connectivity index (χ1) is 4.86. The van der Waals surface area contributed by atoms with Crippen molar-refractivity contribution in [1.29, 1.82) is 5.26 Å². The van der Waals surface area contributed by atoms with Crippen molar-refractivity contribution < 1.29 is 0 Å². The van der Waals surface area contributed by atoms with Gasteiger partial charge in [0.05, 0.1) is 0 Å². The molecule has 0 unspecified atom stereocenters. The fraction of sp³-hybridized carbons (Fsp3) is 0.857. The molecule has 1 aliphatic heterocycles. The summed E-state index contributed by atoms with van der Waals surface area (Å²) in [4.78, 5) is 1.80. The van der Waals surface area contributed by atoms with Gasteiger partial charge in [-0.2, -0.15) is 5.26 Å². The van der Waals surface area contributed by atoms with Gasteiger partial charge >= 0.3 is 0 Å². The second kappa shape index (κ2) is 3.43. The first-order valence-corrected chi connectivity index (χ1v) is 3.71. The number of nitrogens with two attached hydrogens (primary N) is 1. The molecule has 1 aliphatic rings. The van der Waals surface area contributed by atoms with Crippen molar-refractivity contribution in [3.8, 4) is 6.19 Å². The highest BCUT2D eigenvalue weighted by atomic mass is 15.1. The molecule has 0 aromatic carbocycles. The van der Waals surface area contributed by atoms with Gasteiger partial charge in [-0.05, 0) is 25.3 Å². The summed E-state index contributed by atoms with van der Waals surface area (Å²) in [5.41, 5.74) is 5.49. The Hall–Kier alpha value is -0.750. The largest absolute Gasteiger partial charge is 0.330 e. The van der Waals surface area contributed by atoms with Gasteiger partial charge in [0.15, 0.2) is 6.19 Å². The molecule has 0 saturated carbocycles. The van der Waals surface area contributed by atoms with Crippen LogP contribution in [0.4, 0.5) is 0 Å². The van der Waals surface area contributed by atoms with Gasteiger partial charge in [0.25, 0.3) is 0 Å². The maximum atomic E-state index is 8.49. The zero-order valence-electron chi connectivity index (χ0n) is 6.08. The normalized spacial score (nSPS) is 20.6. The predicted octanol–water partition coefficient (Wildman–Crippen LogP) is 0.138. The number of hydrogen-bond donors (Lipinski definition) is 1. The van der Waals surface area contributed by atoms with E-state index in [1.165, 1.54) is 0 Å². The van der Waals surface area contributed by atoms with Crippen LogP contribution in [0.5, 0.6) is 0 Å². The van der Waals surface area contributed by atoms with Crippen LogP contribution in [-0.2, 0) is 0 Å². The molecule has 0 spiro atoms. The van der Waals surface area contributed by atoms with Gasteiger partial charge in [-0.1, -0.05) is 0 Å². The third kappa shape index (κ3) is 1.61. The van der Waals surface area contributed by atoms with E-state index in [2.05, 4.69) is 6.19 Å². The highest BCUT2D eigenvalue weighted by Gasteiger charge is 2.15. The van der Waals surface area contributed by atoms with Crippen LogP contribution < -0.4 is 5.73 Å². The maximum Gasteiger partial charge on any atom is 0.179 e. The third-order valence-corrected chi connectivity index (χ3v) is 2.09. The summed E-state index contributed by atoms with van der Waals surface area (Å²) >= 11 is 0. The Morgan fingerprint density at radius 2 is 2.10 bits per heavy atom. The zero-order valence-corrected chi connectivity index (χ0v) is 6.08. The van der Waals surface area contributed by atoms with E-state index in [0.29, 0.717) is 5.92 Å². The van der Waals surface area contributed by atoms with Gasteiger partial charge in [0.1, 0.15) is 0 Å². The monoisotopic (exact) mass is 139 g/mol. The second-order valence-electron chi connectivity index (χ2n) is 2.77. The molecule has 1 heterocycles. The van der Waals surface area contributed by atoms with Gasteiger partial charge < -0.3 is 10.6 Å². The molecule has 0 amide bonds. The van der Waals surface area contributed by atoms with Crippen molar-refractivity contribution in [2.24, 2.45) is 11.7 Å². The second-order valence-corrected chi connectivity index (χ2v) is 2.77. The maximum absolute atomic E-state index is 8.49. The Morgan fingerprint density at radius 1 is 1.50 bits per heavy atom. The molecule has 0 radical (unpaired) electrons. The van der Waals surface area contributed by atoms with Gasteiger partial charge in [0.2, 0.25) is 0 Å². The van der Waals surface area contributed by atoms with E-state index in [0.717, 1.165) is 32.5 Å². The van der Waals surface area contributed by atoms with Gasteiger partial charge in [0, 0.05) is 13.1 Å².